The minimum atomic E-state index is -1.08. The number of primary amides is 1. The summed E-state index contributed by atoms with van der Waals surface area (Å²) in [6.45, 7) is 11.8. The number of carbonyl (C=O) groups excluding carboxylic acids is 5. The third-order valence-electron chi connectivity index (χ3n) is 10.5. The number of carbonyl (C=O) groups is 5. The number of nitrogens with zero attached hydrogens (tertiary/aromatic N) is 1. The maximum atomic E-state index is 14.6. The Morgan fingerprint density at radius 3 is 2.31 bits per heavy atom. The predicted molar refractivity (Wildman–Crippen MR) is 188 cm³/mol. The van der Waals surface area contributed by atoms with Gasteiger partial charge in [-0.25, -0.2) is 4.79 Å². The topological polar surface area (TPSA) is 184 Å². The summed E-state index contributed by atoms with van der Waals surface area (Å²) in [4.78, 5) is 70.1. The zero-order valence-corrected chi connectivity index (χ0v) is 31.3. The van der Waals surface area contributed by atoms with Crippen LogP contribution in [-0.2, 0) is 41.6 Å². The van der Waals surface area contributed by atoms with Gasteiger partial charge in [0.05, 0.1) is 18.6 Å². The van der Waals surface area contributed by atoms with E-state index in [1.807, 2.05) is 25.3 Å². The van der Waals surface area contributed by atoms with Crippen molar-refractivity contribution in [3.8, 4) is 0 Å². The number of nitrogens with two attached hydrogens (primary N) is 2. The molecule has 3 fully saturated rings. The molecule has 0 radical (unpaired) electrons. The van der Waals surface area contributed by atoms with E-state index in [2.05, 4.69) is 42.0 Å². The lowest BCUT2D eigenvalue weighted by molar-refractivity contribution is -0.673. The summed E-state index contributed by atoms with van der Waals surface area (Å²) < 4.78 is 11.4. The van der Waals surface area contributed by atoms with E-state index in [9.17, 15) is 28.2 Å². The van der Waals surface area contributed by atoms with Crippen molar-refractivity contribution in [2.75, 3.05) is 13.1 Å². The molecular weight excluding hydrogens is 665 g/mol. The van der Waals surface area contributed by atoms with Gasteiger partial charge in [-0.2, -0.15) is 0 Å². The van der Waals surface area contributed by atoms with Crippen LogP contribution in [0.25, 0.3) is 0 Å². The van der Waals surface area contributed by atoms with Crippen LogP contribution in [-0.4, -0.2) is 71.7 Å². The monoisotopic (exact) mass is 720 g/mol. The molecule has 5 atom stereocenters. The van der Waals surface area contributed by atoms with Gasteiger partial charge in [-0.3, -0.25) is 19.2 Å². The maximum Gasteiger partial charge on any atom is 0.506 e. The van der Waals surface area contributed by atoms with Crippen molar-refractivity contribution in [3.63, 3.8) is 0 Å². The van der Waals surface area contributed by atoms with Crippen LogP contribution in [0.15, 0.2) is 16.3 Å². The van der Waals surface area contributed by atoms with Gasteiger partial charge in [-0.15, -0.1) is 11.3 Å². The quantitative estimate of drug-likeness (QED) is 0.129. The number of rotatable bonds is 16. The van der Waals surface area contributed by atoms with Gasteiger partial charge in [0.25, 0.3) is 5.91 Å². The van der Waals surface area contributed by atoms with Gasteiger partial charge in [-0.05, 0) is 60.1 Å². The second-order valence-corrected chi connectivity index (χ2v) is 17.2. The molecule has 1 unspecified atom stereocenters. The molecule has 2 aliphatic carbocycles. The van der Waals surface area contributed by atoms with Crippen molar-refractivity contribution in [2.45, 2.75) is 128 Å². The fourth-order valence-corrected chi connectivity index (χ4v) is 8.77. The highest BCUT2D eigenvalue weighted by atomic mass is 32.1. The Morgan fingerprint density at radius 2 is 1.71 bits per heavy atom. The summed E-state index contributed by atoms with van der Waals surface area (Å²) in [7, 11) is 0. The van der Waals surface area contributed by atoms with Gasteiger partial charge < -0.3 is 31.9 Å². The lowest BCUT2D eigenvalue weighted by atomic mass is 9.82. The number of hydrogen-bond acceptors (Lipinski definition) is 7. The standard InChI is InChI=1S/C35H54N6O6S2/c1-20(2)23-13-15-41(29(23)32(44)38-24(17-21-11-12-21)30(42)31(36)43)33(45)28(22-9-7-6-8-10-22)40-34(46)39-27(35(3,4)5)19-37-18-26-25(49-47)14-16-48-26/h14,16,20-24,27-29,37H,6-13,15,17-19H2,1-5H3,(H4-,36,38,39,40,43,44,46)/p+2/t23-,24?,27-,28+,29+/m1/s1. The van der Waals surface area contributed by atoms with Crippen molar-refractivity contribution in [1.29, 1.82) is 0 Å². The minimum absolute atomic E-state index is 0.0747. The summed E-state index contributed by atoms with van der Waals surface area (Å²) in [6.07, 6.45) is 7.41. The molecule has 0 aromatic carbocycles. The highest BCUT2D eigenvalue weighted by Gasteiger charge is 2.47. The molecule has 4 rings (SSSR count). The Hall–Kier alpha value is -2.97. The molecule has 7 N–H and O–H groups in total. The lowest BCUT2D eigenvalue weighted by Crippen LogP contribution is -2.86. The molecule has 0 spiro atoms. The number of urea groups is 1. The molecule has 49 heavy (non-hydrogen) atoms. The first kappa shape index (κ1) is 38.8. The van der Waals surface area contributed by atoms with Crippen LogP contribution in [0.2, 0.25) is 0 Å². The van der Waals surface area contributed by atoms with Crippen molar-refractivity contribution >= 4 is 52.5 Å². The molecule has 0 bridgehead atoms. The fraction of sp³-hybridized carbons (Fsp3) is 0.743. The summed E-state index contributed by atoms with van der Waals surface area (Å²) in [5.41, 5.74) is 5.05. The van der Waals surface area contributed by atoms with Gasteiger partial charge in [0.2, 0.25) is 17.6 Å². The third-order valence-corrected chi connectivity index (χ3v) is 12.2. The van der Waals surface area contributed by atoms with Crippen molar-refractivity contribution < 1.29 is 33.5 Å². The third kappa shape index (κ3) is 10.5. The zero-order valence-electron chi connectivity index (χ0n) is 29.6. The normalized spacial score (nSPS) is 21.9. The highest BCUT2D eigenvalue weighted by molar-refractivity contribution is 7.66. The number of likely N-dealkylation sites (tertiary alicyclic amines) is 1. The van der Waals surface area contributed by atoms with Crippen molar-refractivity contribution in [1.82, 2.24) is 20.9 Å². The summed E-state index contributed by atoms with van der Waals surface area (Å²) in [6, 6.07) is -1.51. The number of nitrogens with one attached hydrogen (secondary N) is 3. The number of amides is 5. The Bertz CT molecular complexity index is 1350. The molecular formula is C35H56N6O6S2+2. The van der Waals surface area contributed by atoms with Crippen LogP contribution in [0.1, 0.15) is 97.3 Å². The molecule has 3 aliphatic rings. The van der Waals surface area contributed by atoms with Gasteiger partial charge >= 0.3 is 22.6 Å². The van der Waals surface area contributed by atoms with E-state index in [1.165, 1.54) is 0 Å². The van der Waals surface area contributed by atoms with E-state index < -0.39 is 41.8 Å². The van der Waals surface area contributed by atoms with E-state index in [4.69, 9.17) is 5.73 Å². The molecule has 2 saturated carbocycles. The van der Waals surface area contributed by atoms with Crippen LogP contribution >= 0.6 is 11.3 Å². The predicted octanol–water partition coefficient (Wildman–Crippen LogP) is 2.47. The van der Waals surface area contributed by atoms with E-state index >= 15 is 0 Å². The van der Waals surface area contributed by atoms with Crippen LogP contribution in [0.3, 0.4) is 0 Å². The SMILES string of the molecule is CC(C)[C@H]1CCN(C(=O)[C@@H](NC(=O)N[C@H](C[NH2+]Cc2sccc2[S+]=O)C(C)(C)C)C2CCCCC2)[C@@H]1C(=O)NC(CC1CC1)C(=O)C(N)=O. The first-order valence-corrected chi connectivity index (χ1v) is 19.5. The van der Waals surface area contributed by atoms with E-state index in [0.29, 0.717) is 44.1 Å². The Balaban J connectivity index is 1.51. The maximum absolute atomic E-state index is 14.6. The molecule has 2 heterocycles. The van der Waals surface area contributed by atoms with Crippen LogP contribution < -0.4 is 27.0 Å². The fourth-order valence-electron chi connectivity index (χ4n) is 7.38. The van der Waals surface area contributed by atoms with Crippen LogP contribution in [0.5, 0.6) is 0 Å². The average molecular weight is 721 g/mol. The van der Waals surface area contributed by atoms with E-state index in [-0.39, 0.29) is 41.0 Å². The molecule has 272 valence electrons. The second-order valence-electron chi connectivity index (χ2n) is 15.6. The lowest BCUT2D eigenvalue weighted by Gasteiger charge is -2.37. The highest BCUT2D eigenvalue weighted by Crippen LogP contribution is 2.36. The average Bonchev–Trinajstić information content (AvgIpc) is 3.56. The Morgan fingerprint density at radius 1 is 1.02 bits per heavy atom. The summed E-state index contributed by atoms with van der Waals surface area (Å²) in [5.74, 6) is -2.53. The molecule has 12 nitrogen and oxygen atoms in total. The number of thiophene rings is 1. The van der Waals surface area contributed by atoms with Crippen LogP contribution in [0.4, 0.5) is 4.79 Å². The smallest absolute Gasteiger partial charge is 0.363 e. The van der Waals surface area contributed by atoms with Crippen LogP contribution in [0, 0.1) is 29.1 Å². The molecule has 1 saturated heterocycles. The van der Waals surface area contributed by atoms with Gasteiger partial charge in [0.15, 0.2) is 0 Å². The number of ketones is 1. The Kier molecular flexibility index (Phi) is 13.7. The molecule has 5 amide bonds. The molecule has 1 aliphatic heterocycles. The van der Waals surface area contributed by atoms with Crippen molar-refractivity contribution in [3.05, 3.63) is 16.3 Å². The van der Waals surface area contributed by atoms with Gasteiger partial charge in [-0.1, -0.05) is 66.7 Å². The summed E-state index contributed by atoms with van der Waals surface area (Å²) >= 11 is 2.03. The van der Waals surface area contributed by atoms with Gasteiger partial charge in [0, 0.05) is 16.8 Å². The van der Waals surface area contributed by atoms with Gasteiger partial charge in [0.1, 0.15) is 23.5 Å². The number of Topliss-reactive ketones (excluding diaryl/α,β-unsaturated/α-hetero) is 1. The minimum Gasteiger partial charge on any atom is -0.363 e. The summed E-state index contributed by atoms with van der Waals surface area (Å²) in [5, 5.41) is 13.0. The number of quaternary nitrogens is 1. The largest absolute Gasteiger partial charge is 0.506 e. The first-order valence-electron chi connectivity index (χ1n) is 17.9. The second kappa shape index (κ2) is 17.3. The van der Waals surface area contributed by atoms with Crippen molar-refractivity contribution in [2.24, 2.45) is 34.8 Å². The number of hydrogen-bond donors (Lipinski definition) is 5. The first-order chi connectivity index (χ1) is 23.2. The van der Waals surface area contributed by atoms with E-state index in [1.54, 1.807) is 16.2 Å². The van der Waals surface area contributed by atoms with E-state index in [0.717, 1.165) is 54.7 Å². The molecule has 14 heteroatoms. The molecule has 1 aromatic heterocycles. The Labute approximate surface area is 298 Å². The zero-order chi connectivity index (χ0) is 35.9. The molecule has 1 aromatic rings.